The van der Waals surface area contributed by atoms with Gasteiger partial charge in [0.15, 0.2) is 11.5 Å². The van der Waals surface area contributed by atoms with E-state index in [0.29, 0.717) is 6.04 Å². The number of likely N-dealkylation sites (tertiary alicyclic amines) is 1. The van der Waals surface area contributed by atoms with Crippen LogP contribution in [0, 0.1) is 0 Å². The van der Waals surface area contributed by atoms with Gasteiger partial charge in [0.25, 0.3) is 0 Å². The van der Waals surface area contributed by atoms with Crippen molar-refractivity contribution in [2.45, 2.75) is 49.8 Å². The third-order valence-corrected chi connectivity index (χ3v) is 6.52. The van der Waals surface area contributed by atoms with Crippen LogP contribution in [0.1, 0.15) is 36.8 Å². The molecule has 0 radical (unpaired) electrons. The molecule has 2 aliphatic heterocycles. The van der Waals surface area contributed by atoms with Gasteiger partial charge < -0.3 is 9.47 Å². The van der Waals surface area contributed by atoms with E-state index >= 15 is 0 Å². The Morgan fingerprint density at radius 1 is 1.16 bits per heavy atom. The van der Waals surface area contributed by atoms with Crippen LogP contribution < -0.4 is 9.47 Å². The average molecular weight is 335 g/mol. The first-order chi connectivity index (χ1) is 12.3. The maximum absolute atomic E-state index is 6.51. The Labute approximate surface area is 149 Å². The van der Waals surface area contributed by atoms with Crippen molar-refractivity contribution in [3.63, 3.8) is 0 Å². The summed E-state index contributed by atoms with van der Waals surface area (Å²) in [6, 6.07) is 17.9. The van der Waals surface area contributed by atoms with Crippen LogP contribution in [0.25, 0.3) is 0 Å². The quantitative estimate of drug-likeness (QED) is 0.841. The van der Waals surface area contributed by atoms with Crippen molar-refractivity contribution in [1.82, 2.24) is 4.90 Å². The smallest absolute Gasteiger partial charge is 0.165 e. The molecule has 3 aliphatic rings. The van der Waals surface area contributed by atoms with Crippen molar-refractivity contribution in [2.75, 3.05) is 13.7 Å². The Morgan fingerprint density at radius 3 is 2.88 bits per heavy atom. The Balaban J connectivity index is 1.48. The Morgan fingerprint density at radius 2 is 2.04 bits per heavy atom. The zero-order valence-electron chi connectivity index (χ0n) is 14.8. The Hall–Kier alpha value is -2.00. The number of ether oxygens (including phenoxy) is 2. The molecule has 2 aromatic carbocycles. The van der Waals surface area contributed by atoms with E-state index in [1.165, 1.54) is 36.8 Å². The van der Waals surface area contributed by atoms with Gasteiger partial charge in [-0.25, -0.2) is 0 Å². The van der Waals surface area contributed by atoms with Gasteiger partial charge in [-0.15, -0.1) is 0 Å². The molecule has 5 rings (SSSR count). The summed E-state index contributed by atoms with van der Waals surface area (Å²) in [6.07, 6.45) is 5.30. The van der Waals surface area contributed by atoms with Crippen LogP contribution in [0.3, 0.4) is 0 Å². The normalized spacial score (nSPS) is 30.3. The molecule has 1 spiro atoms. The topological polar surface area (TPSA) is 21.7 Å². The molecule has 25 heavy (non-hydrogen) atoms. The van der Waals surface area contributed by atoms with Crippen LogP contribution in [0.15, 0.2) is 48.5 Å². The fourth-order valence-corrected chi connectivity index (χ4v) is 5.33. The summed E-state index contributed by atoms with van der Waals surface area (Å²) < 4.78 is 12.1. The van der Waals surface area contributed by atoms with Gasteiger partial charge in [0.05, 0.1) is 7.11 Å². The summed E-state index contributed by atoms with van der Waals surface area (Å²) in [5.41, 5.74) is 2.98. The predicted octanol–water partition coefficient (Wildman–Crippen LogP) is 4.15. The first kappa shape index (κ1) is 15.3. The minimum atomic E-state index is 0.194. The van der Waals surface area contributed by atoms with E-state index in [4.69, 9.17) is 9.47 Å². The van der Waals surface area contributed by atoms with Crippen molar-refractivity contribution in [3.05, 3.63) is 59.7 Å². The number of piperidine rings is 1. The number of methoxy groups -OCH3 is 1. The highest BCUT2D eigenvalue weighted by Crippen LogP contribution is 2.57. The lowest BCUT2D eigenvalue weighted by Gasteiger charge is -2.51. The predicted molar refractivity (Wildman–Crippen MR) is 98.2 cm³/mol. The van der Waals surface area contributed by atoms with Crippen molar-refractivity contribution >= 4 is 0 Å². The van der Waals surface area contributed by atoms with Gasteiger partial charge in [-0.05, 0) is 30.9 Å². The first-order valence-corrected chi connectivity index (χ1v) is 9.42. The lowest BCUT2D eigenvalue weighted by molar-refractivity contribution is -0.0259. The van der Waals surface area contributed by atoms with Crippen LogP contribution in [0.5, 0.6) is 11.5 Å². The third kappa shape index (κ3) is 2.29. The molecule has 1 saturated carbocycles. The van der Waals surface area contributed by atoms with Crippen LogP contribution in [0.4, 0.5) is 0 Å². The number of hydrogen-bond donors (Lipinski definition) is 0. The summed E-state index contributed by atoms with van der Waals surface area (Å²) in [6.45, 7) is 2.03. The Bertz CT molecular complexity index is 775. The van der Waals surface area contributed by atoms with Gasteiger partial charge in [0.2, 0.25) is 0 Å². The molecule has 0 amide bonds. The lowest BCUT2D eigenvalue weighted by Crippen LogP contribution is -2.59. The molecule has 1 saturated heterocycles. The standard InChI is InChI=1S/C22H25NO2/c1-24-19-11-5-10-18-21(19)25-20-15-23(14-16-7-3-2-4-8-16)17-9-6-12-22(18,20)13-17/h2-5,7-8,10-11,17,20H,6,9,12-15H2,1H3/t17-,20-,22+/m1/s1. The fourth-order valence-electron chi connectivity index (χ4n) is 5.33. The van der Waals surface area contributed by atoms with Crippen LogP contribution in [-0.2, 0) is 12.0 Å². The molecule has 0 N–H and O–H groups in total. The molecule has 0 aromatic heterocycles. The number of para-hydroxylation sites is 1. The van der Waals surface area contributed by atoms with E-state index in [1.807, 2.05) is 6.07 Å². The van der Waals surface area contributed by atoms with E-state index in [0.717, 1.165) is 24.6 Å². The van der Waals surface area contributed by atoms with Gasteiger partial charge in [0, 0.05) is 30.1 Å². The van der Waals surface area contributed by atoms with Crippen molar-refractivity contribution in [1.29, 1.82) is 0 Å². The zero-order valence-corrected chi connectivity index (χ0v) is 14.8. The molecule has 3 heteroatoms. The molecular weight excluding hydrogens is 310 g/mol. The molecule has 2 bridgehead atoms. The third-order valence-electron chi connectivity index (χ3n) is 6.52. The van der Waals surface area contributed by atoms with Crippen molar-refractivity contribution in [2.24, 2.45) is 0 Å². The first-order valence-electron chi connectivity index (χ1n) is 9.42. The average Bonchev–Trinajstić information content (AvgIpc) is 2.95. The Kier molecular flexibility index (Phi) is 3.53. The molecule has 2 fully saturated rings. The highest BCUT2D eigenvalue weighted by atomic mass is 16.5. The number of fused-ring (bicyclic) bond motifs is 2. The maximum Gasteiger partial charge on any atom is 0.165 e. The van der Waals surface area contributed by atoms with E-state index in [1.54, 1.807) is 7.11 Å². The van der Waals surface area contributed by atoms with Gasteiger partial charge >= 0.3 is 0 Å². The SMILES string of the molecule is COc1cccc2c1O[C@@H]1CN(Cc3ccccc3)[C@@H]3CCC[C@]21C3. The zero-order chi connectivity index (χ0) is 16.9. The molecular formula is C22H25NO2. The minimum absolute atomic E-state index is 0.194. The maximum atomic E-state index is 6.51. The molecule has 3 atom stereocenters. The van der Waals surface area contributed by atoms with Gasteiger partial charge in [-0.2, -0.15) is 0 Å². The minimum Gasteiger partial charge on any atom is -0.493 e. The number of benzene rings is 2. The summed E-state index contributed by atoms with van der Waals surface area (Å²) in [5, 5.41) is 0. The molecule has 2 heterocycles. The second kappa shape index (κ2) is 5.77. The van der Waals surface area contributed by atoms with Gasteiger partial charge in [-0.3, -0.25) is 4.90 Å². The number of hydrogen-bond acceptors (Lipinski definition) is 3. The lowest BCUT2D eigenvalue weighted by atomic mass is 9.63. The number of rotatable bonds is 3. The molecule has 1 aliphatic carbocycles. The molecule has 3 nitrogen and oxygen atoms in total. The van der Waals surface area contributed by atoms with E-state index in [2.05, 4.69) is 47.4 Å². The second-order valence-electron chi connectivity index (χ2n) is 7.76. The van der Waals surface area contributed by atoms with Crippen LogP contribution in [-0.4, -0.2) is 30.7 Å². The van der Waals surface area contributed by atoms with Gasteiger partial charge in [0.1, 0.15) is 6.10 Å². The van der Waals surface area contributed by atoms with Crippen molar-refractivity contribution in [3.8, 4) is 11.5 Å². The highest BCUT2D eigenvalue weighted by molar-refractivity contribution is 5.55. The molecule has 130 valence electrons. The van der Waals surface area contributed by atoms with Crippen LogP contribution >= 0.6 is 0 Å². The van der Waals surface area contributed by atoms with Crippen molar-refractivity contribution < 1.29 is 9.47 Å². The van der Waals surface area contributed by atoms with E-state index in [-0.39, 0.29) is 11.5 Å². The number of nitrogens with zero attached hydrogens (tertiary/aromatic N) is 1. The summed E-state index contributed by atoms with van der Waals surface area (Å²) >= 11 is 0. The summed E-state index contributed by atoms with van der Waals surface area (Å²) in [7, 11) is 1.74. The summed E-state index contributed by atoms with van der Waals surface area (Å²) in [5.74, 6) is 1.88. The summed E-state index contributed by atoms with van der Waals surface area (Å²) in [4.78, 5) is 2.65. The second-order valence-corrected chi connectivity index (χ2v) is 7.76. The van der Waals surface area contributed by atoms with E-state index < -0.39 is 0 Å². The highest BCUT2D eigenvalue weighted by Gasteiger charge is 2.56. The molecule has 0 unspecified atom stereocenters. The van der Waals surface area contributed by atoms with Gasteiger partial charge in [-0.1, -0.05) is 48.9 Å². The monoisotopic (exact) mass is 335 g/mol. The van der Waals surface area contributed by atoms with E-state index in [9.17, 15) is 0 Å². The fraction of sp³-hybridized carbons (Fsp3) is 0.455. The molecule has 2 aromatic rings. The largest absolute Gasteiger partial charge is 0.493 e. The van der Waals surface area contributed by atoms with Crippen LogP contribution in [0.2, 0.25) is 0 Å².